The van der Waals surface area contributed by atoms with Crippen LogP contribution < -0.4 is 11.1 Å². The number of likely N-dealkylation sites (tertiary alicyclic amines) is 1. The lowest BCUT2D eigenvalue weighted by Gasteiger charge is -2.31. The van der Waals surface area contributed by atoms with E-state index in [1.54, 1.807) is 4.90 Å². The van der Waals surface area contributed by atoms with Crippen molar-refractivity contribution in [3.8, 4) is 0 Å². The Morgan fingerprint density at radius 1 is 1.06 bits per heavy atom. The average molecular weight is 497 g/mol. The van der Waals surface area contributed by atoms with E-state index in [2.05, 4.69) is 19.2 Å². The number of nitrogens with zero attached hydrogens (tertiary/aromatic N) is 2. The first-order chi connectivity index (χ1) is 17.3. The van der Waals surface area contributed by atoms with Gasteiger partial charge in [-0.2, -0.15) is 0 Å². The topological polar surface area (TPSA) is 95.7 Å². The highest BCUT2D eigenvalue weighted by molar-refractivity contribution is 5.98. The monoisotopic (exact) mass is 496 g/mol. The Hall–Kier alpha value is -2.41. The van der Waals surface area contributed by atoms with E-state index in [4.69, 9.17) is 5.73 Å². The van der Waals surface area contributed by atoms with Crippen LogP contribution in [0, 0.1) is 30.6 Å². The zero-order valence-electron chi connectivity index (χ0n) is 22.2. The van der Waals surface area contributed by atoms with Gasteiger partial charge in [0.05, 0.1) is 6.04 Å². The van der Waals surface area contributed by atoms with Crippen LogP contribution in [-0.2, 0) is 9.59 Å². The van der Waals surface area contributed by atoms with Crippen molar-refractivity contribution in [1.29, 1.82) is 0 Å². The number of rotatable bonds is 9. The molecule has 1 aliphatic heterocycles. The maximum Gasteiger partial charge on any atom is 0.254 e. The van der Waals surface area contributed by atoms with Crippen molar-refractivity contribution in [1.82, 2.24) is 15.1 Å². The predicted molar refractivity (Wildman–Crippen MR) is 141 cm³/mol. The lowest BCUT2D eigenvalue weighted by molar-refractivity contribution is -0.135. The molecule has 2 saturated carbocycles. The van der Waals surface area contributed by atoms with Gasteiger partial charge in [-0.15, -0.1) is 0 Å². The van der Waals surface area contributed by atoms with Crippen molar-refractivity contribution >= 4 is 17.7 Å². The third-order valence-corrected chi connectivity index (χ3v) is 8.14. The van der Waals surface area contributed by atoms with Crippen LogP contribution in [0.4, 0.5) is 0 Å². The molecule has 3 amide bonds. The van der Waals surface area contributed by atoms with Crippen molar-refractivity contribution in [2.75, 3.05) is 26.2 Å². The minimum atomic E-state index is -0.570. The van der Waals surface area contributed by atoms with Crippen molar-refractivity contribution in [3.63, 3.8) is 0 Å². The second-order valence-electron chi connectivity index (χ2n) is 11.8. The zero-order chi connectivity index (χ0) is 25.8. The summed E-state index contributed by atoms with van der Waals surface area (Å²) in [6.45, 7) is 8.59. The maximum atomic E-state index is 13.6. The normalized spacial score (nSPS) is 26.2. The third-order valence-electron chi connectivity index (χ3n) is 8.14. The lowest BCUT2D eigenvalue weighted by Crippen LogP contribution is -2.47. The zero-order valence-corrected chi connectivity index (χ0v) is 22.2. The highest BCUT2D eigenvalue weighted by Crippen LogP contribution is 2.34. The van der Waals surface area contributed by atoms with Crippen LogP contribution in [0.2, 0.25) is 0 Å². The van der Waals surface area contributed by atoms with Crippen LogP contribution in [0.5, 0.6) is 0 Å². The van der Waals surface area contributed by atoms with Gasteiger partial charge in [-0.25, -0.2) is 0 Å². The second kappa shape index (κ2) is 11.8. The van der Waals surface area contributed by atoms with Gasteiger partial charge in [0.2, 0.25) is 11.8 Å². The first kappa shape index (κ1) is 26.6. The van der Waals surface area contributed by atoms with Gasteiger partial charge in [0.25, 0.3) is 5.91 Å². The van der Waals surface area contributed by atoms with Gasteiger partial charge in [-0.1, -0.05) is 38.0 Å². The largest absolute Gasteiger partial charge is 0.354 e. The molecule has 1 aromatic rings. The summed E-state index contributed by atoms with van der Waals surface area (Å²) in [6.07, 6.45) is 6.86. The van der Waals surface area contributed by atoms with E-state index in [1.165, 1.54) is 6.42 Å². The van der Waals surface area contributed by atoms with E-state index in [-0.39, 0.29) is 29.7 Å². The van der Waals surface area contributed by atoms with Gasteiger partial charge < -0.3 is 20.9 Å². The Kier molecular flexibility index (Phi) is 8.70. The number of nitrogens with one attached hydrogen (secondary N) is 1. The number of carbonyl (C=O) groups excluding carboxylic acids is 3. The molecule has 1 heterocycles. The minimum absolute atomic E-state index is 0.101. The maximum absolute atomic E-state index is 13.6. The van der Waals surface area contributed by atoms with Gasteiger partial charge in [0.1, 0.15) is 6.04 Å². The molecule has 0 bridgehead atoms. The molecule has 4 unspecified atom stereocenters. The number of hydrogen-bond acceptors (Lipinski definition) is 4. The summed E-state index contributed by atoms with van der Waals surface area (Å²) >= 11 is 0. The predicted octanol–water partition coefficient (Wildman–Crippen LogP) is 3.35. The Labute approximate surface area is 216 Å². The fraction of sp³-hybridized carbons (Fsp3) is 0.690. The first-order valence-corrected chi connectivity index (χ1v) is 13.9. The van der Waals surface area contributed by atoms with Crippen LogP contribution >= 0.6 is 0 Å². The smallest absolute Gasteiger partial charge is 0.254 e. The Balaban J connectivity index is 1.50. The van der Waals surface area contributed by atoms with Crippen LogP contribution in [0.1, 0.15) is 74.7 Å². The molecular formula is C29H44N4O3. The molecule has 7 heteroatoms. The van der Waals surface area contributed by atoms with Gasteiger partial charge in [-0.05, 0) is 81.9 Å². The van der Waals surface area contributed by atoms with E-state index >= 15 is 0 Å². The number of carbonyl (C=O) groups is 3. The Morgan fingerprint density at radius 2 is 1.75 bits per heavy atom. The average Bonchev–Trinajstić information content (AvgIpc) is 3.63. The molecule has 3 aliphatic rings. The quantitative estimate of drug-likeness (QED) is 0.548. The summed E-state index contributed by atoms with van der Waals surface area (Å²) in [6, 6.07) is 6.80. The molecule has 7 nitrogen and oxygen atoms in total. The van der Waals surface area contributed by atoms with Crippen LogP contribution in [0.25, 0.3) is 0 Å². The molecule has 4 rings (SSSR count). The number of aryl methyl sites for hydroxylation is 1. The van der Waals surface area contributed by atoms with E-state index in [0.29, 0.717) is 55.9 Å². The second-order valence-corrected chi connectivity index (χ2v) is 11.8. The fourth-order valence-corrected chi connectivity index (χ4v) is 5.92. The molecular weight excluding hydrogens is 452 g/mol. The molecule has 0 radical (unpaired) electrons. The summed E-state index contributed by atoms with van der Waals surface area (Å²) < 4.78 is 0. The Morgan fingerprint density at radius 3 is 2.39 bits per heavy atom. The highest BCUT2D eigenvalue weighted by Gasteiger charge is 2.45. The molecule has 198 valence electrons. The number of hydrogen-bond donors (Lipinski definition) is 2. The van der Waals surface area contributed by atoms with Gasteiger partial charge >= 0.3 is 0 Å². The molecule has 1 saturated heterocycles. The highest BCUT2D eigenvalue weighted by atomic mass is 16.2. The fourth-order valence-electron chi connectivity index (χ4n) is 5.92. The van der Waals surface area contributed by atoms with Crippen molar-refractivity contribution in [3.05, 3.63) is 35.4 Å². The summed E-state index contributed by atoms with van der Waals surface area (Å²) in [5.41, 5.74) is 7.57. The van der Waals surface area contributed by atoms with E-state index in [1.807, 2.05) is 36.1 Å². The molecule has 2 aliphatic carbocycles. The minimum Gasteiger partial charge on any atom is -0.354 e. The third kappa shape index (κ3) is 6.47. The van der Waals surface area contributed by atoms with Crippen molar-refractivity contribution < 1.29 is 14.4 Å². The molecule has 0 spiro atoms. The number of benzene rings is 1. The van der Waals surface area contributed by atoms with E-state index in [9.17, 15) is 14.4 Å². The van der Waals surface area contributed by atoms with Crippen LogP contribution in [0.15, 0.2) is 24.3 Å². The molecule has 0 aromatic heterocycles. The summed E-state index contributed by atoms with van der Waals surface area (Å²) in [5.74, 6) is 1.35. The summed E-state index contributed by atoms with van der Waals surface area (Å²) in [5, 5.41) is 3.17. The molecule has 4 atom stereocenters. The standard InChI is InChI=1S/C29H44N4O3/c1-19(2)17-32(28(35)24-11-12-24)25-14-26(27(34)31-16-22-6-4-5-21(13-22)15-30)33(18-25)29(36)23-9-7-20(3)8-10-23/h7-10,19,21-22,24-26H,4-6,11-18,30H2,1-3H3,(H,31,34). The van der Waals surface area contributed by atoms with Crippen molar-refractivity contribution in [2.45, 2.75) is 77.8 Å². The van der Waals surface area contributed by atoms with E-state index in [0.717, 1.165) is 37.7 Å². The Bertz CT molecular complexity index is 927. The molecule has 3 N–H and O–H groups in total. The SMILES string of the molecule is Cc1ccc(C(=O)N2CC(N(CC(C)C)C(=O)C3CC3)CC2C(=O)NCC2CCCC(CN)C2)cc1. The van der Waals surface area contributed by atoms with Crippen LogP contribution in [0.3, 0.4) is 0 Å². The number of amides is 3. The first-order valence-electron chi connectivity index (χ1n) is 13.9. The lowest BCUT2D eigenvalue weighted by atomic mass is 9.81. The van der Waals surface area contributed by atoms with Crippen LogP contribution in [-0.4, -0.2) is 65.8 Å². The van der Waals surface area contributed by atoms with Crippen molar-refractivity contribution in [2.24, 2.45) is 29.4 Å². The van der Waals surface area contributed by atoms with Gasteiger partial charge in [-0.3, -0.25) is 14.4 Å². The molecule has 1 aromatic carbocycles. The summed E-state index contributed by atoms with van der Waals surface area (Å²) in [7, 11) is 0. The number of nitrogens with two attached hydrogens (primary N) is 1. The van der Waals surface area contributed by atoms with E-state index < -0.39 is 6.04 Å². The summed E-state index contributed by atoms with van der Waals surface area (Å²) in [4.78, 5) is 44.0. The molecule has 3 fully saturated rings. The van der Waals surface area contributed by atoms with Gasteiger partial charge in [0.15, 0.2) is 0 Å². The molecule has 36 heavy (non-hydrogen) atoms. The van der Waals surface area contributed by atoms with Gasteiger partial charge in [0, 0.05) is 31.1 Å².